The van der Waals surface area contributed by atoms with Crippen molar-refractivity contribution in [1.82, 2.24) is 25.1 Å². The Kier molecular flexibility index (Phi) is 6.07. The van der Waals surface area contributed by atoms with Gasteiger partial charge < -0.3 is 16.0 Å². The molecular formula is C23H24N8. The molecule has 0 aliphatic carbocycles. The first-order valence-electron chi connectivity index (χ1n) is 10.2. The number of pyridine rings is 1. The molecular weight excluding hydrogens is 388 g/mol. The van der Waals surface area contributed by atoms with Crippen LogP contribution in [-0.2, 0) is 6.54 Å². The third kappa shape index (κ3) is 4.63. The van der Waals surface area contributed by atoms with Crippen molar-refractivity contribution >= 4 is 28.6 Å². The van der Waals surface area contributed by atoms with Gasteiger partial charge in [0.2, 0.25) is 0 Å². The van der Waals surface area contributed by atoms with Crippen molar-refractivity contribution in [1.29, 1.82) is 5.41 Å². The number of nitrogens with zero attached hydrogens (tertiary/aromatic N) is 5. The van der Waals surface area contributed by atoms with Gasteiger partial charge >= 0.3 is 0 Å². The maximum Gasteiger partial charge on any atom is 0.182 e. The van der Waals surface area contributed by atoms with Gasteiger partial charge in [-0.3, -0.25) is 4.98 Å². The van der Waals surface area contributed by atoms with Crippen LogP contribution in [0.25, 0.3) is 22.4 Å². The lowest BCUT2D eigenvalue weighted by Crippen LogP contribution is -2.19. The molecule has 8 heteroatoms. The zero-order chi connectivity index (χ0) is 21.6. The molecule has 0 saturated carbocycles. The molecule has 31 heavy (non-hydrogen) atoms. The van der Waals surface area contributed by atoms with Crippen molar-refractivity contribution in [3.05, 3.63) is 66.1 Å². The van der Waals surface area contributed by atoms with Gasteiger partial charge in [-0.05, 0) is 43.2 Å². The minimum absolute atomic E-state index is 0.201. The predicted molar refractivity (Wildman–Crippen MR) is 123 cm³/mol. The number of anilines is 2. The van der Waals surface area contributed by atoms with Gasteiger partial charge in [0.05, 0.1) is 5.52 Å². The van der Waals surface area contributed by atoms with Gasteiger partial charge in [0.15, 0.2) is 11.6 Å². The number of fused-ring (bicyclic) bond motifs is 1. The number of para-hydroxylation sites is 1. The van der Waals surface area contributed by atoms with Gasteiger partial charge in [-0.15, -0.1) is 5.10 Å². The van der Waals surface area contributed by atoms with E-state index in [1.807, 2.05) is 30.5 Å². The Bertz CT molecular complexity index is 1190. The van der Waals surface area contributed by atoms with E-state index in [0.29, 0.717) is 35.3 Å². The summed E-state index contributed by atoms with van der Waals surface area (Å²) in [6.45, 7) is 4.72. The summed E-state index contributed by atoms with van der Waals surface area (Å²) in [5.74, 6) is 1.03. The monoisotopic (exact) mass is 412 g/mol. The fraction of sp³-hybridized carbons (Fsp3) is 0.217. The van der Waals surface area contributed by atoms with E-state index in [1.165, 1.54) is 6.21 Å². The highest BCUT2D eigenvalue weighted by Crippen LogP contribution is 2.27. The molecule has 0 radical (unpaired) electrons. The smallest absolute Gasteiger partial charge is 0.182 e. The average Bonchev–Trinajstić information content (AvgIpc) is 2.83. The van der Waals surface area contributed by atoms with Crippen LogP contribution in [0, 0.1) is 5.41 Å². The van der Waals surface area contributed by atoms with Crippen LogP contribution in [0.5, 0.6) is 0 Å². The van der Waals surface area contributed by atoms with Gasteiger partial charge in [0.1, 0.15) is 17.1 Å². The van der Waals surface area contributed by atoms with E-state index < -0.39 is 0 Å². The van der Waals surface area contributed by atoms with Crippen molar-refractivity contribution in [2.24, 2.45) is 0 Å². The summed E-state index contributed by atoms with van der Waals surface area (Å²) >= 11 is 0. The third-order valence-corrected chi connectivity index (χ3v) is 4.99. The predicted octanol–water partition coefficient (Wildman–Crippen LogP) is 4.30. The van der Waals surface area contributed by atoms with Crippen molar-refractivity contribution in [3.8, 4) is 11.5 Å². The van der Waals surface area contributed by atoms with E-state index in [2.05, 4.69) is 50.7 Å². The van der Waals surface area contributed by atoms with Crippen molar-refractivity contribution in [2.75, 3.05) is 10.6 Å². The molecule has 4 rings (SSSR count). The number of hydrogen-bond donors (Lipinski definition) is 3. The largest absolute Gasteiger partial charge is 0.378 e. The van der Waals surface area contributed by atoms with Gasteiger partial charge in [-0.2, -0.15) is 5.10 Å². The summed E-state index contributed by atoms with van der Waals surface area (Å²) in [7, 11) is 0. The van der Waals surface area contributed by atoms with Gasteiger partial charge in [0.25, 0.3) is 0 Å². The number of rotatable bonds is 8. The van der Waals surface area contributed by atoms with Crippen LogP contribution in [0.1, 0.15) is 31.5 Å². The van der Waals surface area contributed by atoms with E-state index in [-0.39, 0.29) is 6.04 Å². The van der Waals surface area contributed by atoms with Crippen LogP contribution in [0.2, 0.25) is 0 Å². The topological polar surface area (TPSA) is 112 Å². The number of aromatic nitrogens is 5. The summed E-state index contributed by atoms with van der Waals surface area (Å²) in [5.41, 5.74) is 3.74. The molecule has 8 nitrogen and oxygen atoms in total. The Morgan fingerprint density at radius 1 is 1.13 bits per heavy atom. The molecule has 0 amide bonds. The normalized spacial score (nSPS) is 11.8. The van der Waals surface area contributed by atoms with Gasteiger partial charge in [0, 0.05) is 36.6 Å². The number of hydrogen-bond acceptors (Lipinski definition) is 8. The second-order valence-corrected chi connectivity index (χ2v) is 7.25. The lowest BCUT2D eigenvalue weighted by atomic mass is 10.1. The second-order valence-electron chi connectivity index (χ2n) is 7.25. The first kappa shape index (κ1) is 20.3. The molecule has 0 aliphatic heterocycles. The molecule has 4 aromatic rings. The molecule has 0 spiro atoms. The molecule has 3 N–H and O–H groups in total. The number of nitrogens with one attached hydrogen (secondary N) is 3. The maximum atomic E-state index is 7.90. The maximum absolute atomic E-state index is 7.90. The Hall–Kier alpha value is -3.94. The zero-order valence-electron chi connectivity index (χ0n) is 17.5. The summed E-state index contributed by atoms with van der Waals surface area (Å²) < 4.78 is 0. The van der Waals surface area contributed by atoms with Crippen LogP contribution >= 0.6 is 0 Å². The Morgan fingerprint density at radius 3 is 2.77 bits per heavy atom. The lowest BCUT2D eigenvalue weighted by molar-refractivity contribution is 0.762. The van der Waals surface area contributed by atoms with E-state index in [0.717, 1.165) is 22.9 Å². The Balaban J connectivity index is 1.70. The first-order chi connectivity index (χ1) is 15.2. The molecule has 0 aliphatic rings. The molecule has 0 fully saturated rings. The molecule has 3 heterocycles. The summed E-state index contributed by atoms with van der Waals surface area (Å²) in [5, 5.41) is 23.9. The van der Waals surface area contributed by atoms with Gasteiger partial charge in [-0.1, -0.05) is 25.1 Å². The lowest BCUT2D eigenvalue weighted by Gasteiger charge is -2.19. The molecule has 0 saturated heterocycles. The molecule has 3 aromatic heterocycles. The fourth-order valence-corrected chi connectivity index (χ4v) is 3.14. The van der Waals surface area contributed by atoms with E-state index in [4.69, 9.17) is 10.4 Å². The molecule has 156 valence electrons. The minimum atomic E-state index is 0.201. The highest BCUT2D eigenvalue weighted by atomic mass is 15.1. The SMILES string of the molecule is CCC(C)Nc1c(C=N)nc(-c2cccnn2)nc1NCc1cnc2ccccc2c1. The van der Waals surface area contributed by atoms with Crippen LogP contribution in [0.4, 0.5) is 11.5 Å². The molecule has 1 aromatic carbocycles. The Labute approximate surface area is 180 Å². The van der Waals surface area contributed by atoms with Crippen LogP contribution in [0.3, 0.4) is 0 Å². The molecule has 1 atom stereocenters. The molecule has 0 bridgehead atoms. The molecule has 1 unspecified atom stereocenters. The summed E-state index contributed by atoms with van der Waals surface area (Å²) in [4.78, 5) is 13.8. The van der Waals surface area contributed by atoms with Crippen molar-refractivity contribution in [2.45, 2.75) is 32.9 Å². The van der Waals surface area contributed by atoms with Crippen LogP contribution in [-0.4, -0.2) is 37.4 Å². The van der Waals surface area contributed by atoms with E-state index in [1.54, 1.807) is 18.3 Å². The number of benzene rings is 1. The third-order valence-electron chi connectivity index (χ3n) is 4.99. The summed E-state index contributed by atoms with van der Waals surface area (Å²) in [6, 6.07) is 13.9. The van der Waals surface area contributed by atoms with Crippen LogP contribution in [0.15, 0.2) is 54.9 Å². The Morgan fingerprint density at radius 2 is 2.00 bits per heavy atom. The quantitative estimate of drug-likeness (QED) is 0.370. The standard InChI is InChI=1S/C23H24N8/c1-3-15(2)28-21-20(12-24)29-22(19-9-6-10-27-31-19)30-23(21)26-14-16-11-17-7-4-5-8-18(17)25-13-16/h4-13,15,24,28H,3,14H2,1-2H3,(H,26,29,30). The minimum Gasteiger partial charge on any atom is -0.378 e. The van der Waals surface area contributed by atoms with E-state index in [9.17, 15) is 0 Å². The second kappa shape index (κ2) is 9.25. The van der Waals surface area contributed by atoms with Crippen LogP contribution < -0.4 is 10.6 Å². The summed E-state index contributed by atoms with van der Waals surface area (Å²) in [6.07, 6.45) is 5.62. The van der Waals surface area contributed by atoms with Gasteiger partial charge in [-0.25, -0.2) is 9.97 Å². The first-order valence-corrected chi connectivity index (χ1v) is 10.2. The average molecular weight is 413 g/mol. The highest BCUT2D eigenvalue weighted by Gasteiger charge is 2.17. The van der Waals surface area contributed by atoms with Crippen molar-refractivity contribution < 1.29 is 0 Å². The zero-order valence-corrected chi connectivity index (χ0v) is 17.5. The van der Waals surface area contributed by atoms with E-state index >= 15 is 0 Å². The van der Waals surface area contributed by atoms with Crippen molar-refractivity contribution in [3.63, 3.8) is 0 Å². The highest BCUT2D eigenvalue weighted by molar-refractivity contribution is 5.89. The fourth-order valence-electron chi connectivity index (χ4n) is 3.14.